The zero-order valence-corrected chi connectivity index (χ0v) is 8.52. The van der Waals surface area contributed by atoms with E-state index >= 15 is 0 Å². The van der Waals surface area contributed by atoms with Gasteiger partial charge in [0.25, 0.3) is 5.24 Å². The Morgan fingerprint density at radius 2 is 2.08 bits per heavy atom. The molecule has 0 spiro atoms. The van der Waals surface area contributed by atoms with Crippen LogP contribution < -0.4 is 0 Å². The van der Waals surface area contributed by atoms with Gasteiger partial charge in [0.2, 0.25) is 5.24 Å². The number of allylic oxidation sites excluding steroid dienone is 4. The minimum absolute atomic E-state index is 0.414. The van der Waals surface area contributed by atoms with Gasteiger partial charge in [0.05, 0.1) is 5.41 Å². The summed E-state index contributed by atoms with van der Waals surface area (Å²) in [4.78, 5) is 21.7. The van der Waals surface area contributed by atoms with E-state index < -0.39 is 15.9 Å². The van der Waals surface area contributed by atoms with Crippen LogP contribution in [0.3, 0.4) is 0 Å². The maximum absolute atomic E-state index is 11.0. The first-order chi connectivity index (χ1) is 5.96. The van der Waals surface area contributed by atoms with Gasteiger partial charge >= 0.3 is 0 Å². The van der Waals surface area contributed by atoms with Crippen LogP contribution >= 0.6 is 23.2 Å². The van der Waals surface area contributed by atoms with E-state index in [1.54, 1.807) is 19.1 Å². The van der Waals surface area contributed by atoms with Crippen molar-refractivity contribution in [1.29, 1.82) is 0 Å². The molecule has 0 aromatic rings. The summed E-state index contributed by atoms with van der Waals surface area (Å²) in [6.45, 7) is 1.71. The molecule has 1 rings (SSSR count). The number of halogens is 2. The molecule has 0 aromatic heterocycles. The molecule has 70 valence electrons. The first-order valence-electron chi connectivity index (χ1n) is 3.75. The van der Waals surface area contributed by atoms with Crippen molar-refractivity contribution in [1.82, 2.24) is 0 Å². The summed E-state index contributed by atoms with van der Waals surface area (Å²) in [5, 5.41) is -0.943. The Morgan fingerprint density at radius 1 is 1.46 bits per heavy atom. The van der Waals surface area contributed by atoms with Gasteiger partial charge in [-0.25, -0.2) is 0 Å². The topological polar surface area (TPSA) is 34.1 Å². The second kappa shape index (κ2) is 3.64. The Balaban J connectivity index is 2.85. The van der Waals surface area contributed by atoms with E-state index in [0.29, 0.717) is 12.0 Å². The van der Waals surface area contributed by atoms with Crippen molar-refractivity contribution in [3.05, 3.63) is 23.8 Å². The molecule has 1 atom stereocenters. The SMILES string of the molecule is CC1(C(=O)Cl)C=CC(C(=O)Cl)=CC1. The molecule has 0 saturated carbocycles. The van der Waals surface area contributed by atoms with Crippen LogP contribution in [0.5, 0.6) is 0 Å². The third-order valence-corrected chi connectivity index (χ3v) is 2.70. The lowest BCUT2D eigenvalue weighted by atomic mass is 9.83. The fourth-order valence-electron chi connectivity index (χ4n) is 1.02. The van der Waals surface area contributed by atoms with Crippen LogP contribution in [-0.2, 0) is 9.59 Å². The first kappa shape index (κ1) is 10.5. The van der Waals surface area contributed by atoms with Crippen LogP contribution in [-0.4, -0.2) is 10.5 Å². The van der Waals surface area contributed by atoms with Gasteiger partial charge in [-0.1, -0.05) is 18.2 Å². The van der Waals surface area contributed by atoms with E-state index in [1.165, 1.54) is 6.08 Å². The normalized spacial score (nSPS) is 26.8. The molecule has 1 unspecified atom stereocenters. The second-order valence-corrected chi connectivity index (χ2v) is 3.85. The lowest BCUT2D eigenvalue weighted by Gasteiger charge is -2.22. The molecular weight excluding hydrogens is 211 g/mol. The van der Waals surface area contributed by atoms with Gasteiger partial charge in [0.15, 0.2) is 0 Å². The van der Waals surface area contributed by atoms with E-state index in [1.807, 2.05) is 0 Å². The Kier molecular flexibility index (Phi) is 2.94. The molecule has 0 saturated heterocycles. The number of carbonyl (C=O) groups excluding carboxylic acids is 2. The zero-order valence-electron chi connectivity index (χ0n) is 7.01. The summed E-state index contributed by atoms with van der Waals surface area (Å²) in [6.07, 6.45) is 5.17. The Hall–Kier alpha value is -0.600. The maximum Gasteiger partial charge on any atom is 0.252 e. The highest BCUT2D eigenvalue weighted by Gasteiger charge is 2.30. The average molecular weight is 219 g/mol. The van der Waals surface area contributed by atoms with Crippen molar-refractivity contribution in [2.45, 2.75) is 13.3 Å². The van der Waals surface area contributed by atoms with E-state index in [9.17, 15) is 9.59 Å². The molecule has 0 aliphatic heterocycles. The third kappa shape index (κ3) is 2.20. The quantitative estimate of drug-likeness (QED) is 0.668. The van der Waals surface area contributed by atoms with E-state index in [-0.39, 0.29) is 0 Å². The van der Waals surface area contributed by atoms with E-state index in [0.717, 1.165) is 0 Å². The third-order valence-electron chi connectivity index (χ3n) is 2.05. The smallest absolute Gasteiger partial charge is 0.252 e. The molecule has 1 aliphatic rings. The fourth-order valence-corrected chi connectivity index (χ4v) is 1.30. The maximum atomic E-state index is 11.0. The molecule has 0 heterocycles. The molecule has 0 amide bonds. The van der Waals surface area contributed by atoms with Gasteiger partial charge in [-0.2, -0.15) is 0 Å². The molecule has 0 N–H and O–H groups in total. The fraction of sp³-hybridized carbons (Fsp3) is 0.333. The van der Waals surface area contributed by atoms with Crippen molar-refractivity contribution in [2.24, 2.45) is 5.41 Å². The van der Waals surface area contributed by atoms with Crippen LogP contribution in [0.1, 0.15) is 13.3 Å². The van der Waals surface area contributed by atoms with Crippen molar-refractivity contribution >= 4 is 33.7 Å². The van der Waals surface area contributed by atoms with E-state index in [2.05, 4.69) is 0 Å². The predicted molar refractivity (Wildman–Crippen MR) is 51.7 cm³/mol. The number of carbonyl (C=O) groups is 2. The summed E-state index contributed by atoms with van der Waals surface area (Å²) in [5.74, 6) is 0. The first-order valence-corrected chi connectivity index (χ1v) is 4.50. The van der Waals surface area contributed by atoms with Crippen LogP contribution in [0.15, 0.2) is 23.8 Å². The number of hydrogen-bond donors (Lipinski definition) is 0. The lowest BCUT2D eigenvalue weighted by Crippen LogP contribution is -2.22. The van der Waals surface area contributed by atoms with Gasteiger partial charge in [-0.05, 0) is 36.5 Å². The van der Waals surface area contributed by atoms with E-state index in [4.69, 9.17) is 23.2 Å². The summed E-state index contributed by atoms with van der Waals surface area (Å²) < 4.78 is 0. The predicted octanol–water partition coefficient (Wildman–Crippen LogP) is 2.41. The number of rotatable bonds is 2. The van der Waals surface area contributed by atoms with Crippen LogP contribution in [0.2, 0.25) is 0 Å². The molecule has 0 bridgehead atoms. The zero-order chi connectivity index (χ0) is 10.1. The highest BCUT2D eigenvalue weighted by atomic mass is 35.5. The van der Waals surface area contributed by atoms with Gasteiger partial charge in [-0.15, -0.1) is 0 Å². The molecule has 0 radical (unpaired) electrons. The summed E-state index contributed by atoms with van der Waals surface area (Å²) in [7, 11) is 0. The minimum atomic E-state index is -0.697. The Labute approximate surface area is 86.2 Å². The largest absolute Gasteiger partial charge is 0.280 e. The van der Waals surface area contributed by atoms with Crippen molar-refractivity contribution in [3.63, 3.8) is 0 Å². The Morgan fingerprint density at radius 3 is 2.38 bits per heavy atom. The van der Waals surface area contributed by atoms with Gasteiger partial charge in [0, 0.05) is 5.57 Å². The van der Waals surface area contributed by atoms with Crippen LogP contribution in [0.25, 0.3) is 0 Å². The monoisotopic (exact) mass is 218 g/mol. The highest BCUT2D eigenvalue weighted by Crippen LogP contribution is 2.32. The van der Waals surface area contributed by atoms with Gasteiger partial charge < -0.3 is 0 Å². The molecule has 2 nitrogen and oxygen atoms in total. The molecule has 4 heteroatoms. The molecular formula is C9H8Cl2O2. The van der Waals surface area contributed by atoms with Gasteiger partial charge in [0.1, 0.15) is 0 Å². The van der Waals surface area contributed by atoms with Crippen molar-refractivity contribution in [3.8, 4) is 0 Å². The number of hydrogen-bond acceptors (Lipinski definition) is 2. The Bertz CT molecular complexity index is 318. The summed E-state index contributed by atoms with van der Waals surface area (Å²) >= 11 is 10.6. The second-order valence-electron chi connectivity index (χ2n) is 3.16. The van der Waals surface area contributed by atoms with Crippen LogP contribution in [0, 0.1) is 5.41 Å². The van der Waals surface area contributed by atoms with Crippen molar-refractivity contribution in [2.75, 3.05) is 0 Å². The molecule has 13 heavy (non-hydrogen) atoms. The van der Waals surface area contributed by atoms with Gasteiger partial charge in [-0.3, -0.25) is 9.59 Å². The summed E-state index contributed by atoms with van der Waals surface area (Å²) in [6, 6.07) is 0. The minimum Gasteiger partial charge on any atom is -0.280 e. The molecule has 1 aliphatic carbocycles. The highest BCUT2D eigenvalue weighted by molar-refractivity contribution is 6.68. The molecule has 0 fully saturated rings. The standard InChI is InChI=1S/C9H8Cl2O2/c1-9(8(11)13)4-2-6(3-5-9)7(10)12/h2-4H,5H2,1H3. The van der Waals surface area contributed by atoms with Crippen molar-refractivity contribution < 1.29 is 9.59 Å². The average Bonchev–Trinajstić information content (AvgIpc) is 2.04. The van der Waals surface area contributed by atoms with Crippen LogP contribution in [0.4, 0.5) is 0 Å². The molecule has 0 aromatic carbocycles. The summed E-state index contributed by atoms with van der Waals surface area (Å²) in [5.41, 5.74) is -0.283. The lowest BCUT2D eigenvalue weighted by molar-refractivity contribution is -0.117.